The number of rotatable bonds is 4. The Morgan fingerprint density at radius 2 is 0.889 bits per heavy atom. The lowest BCUT2D eigenvalue weighted by molar-refractivity contribution is 0.588. The van der Waals surface area contributed by atoms with Gasteiger partial charge < -0.3 is 4.57 Å². The first-order chi connectivity index (χ1) is 16.7. The summed E-state index contributed by atoms with van der Waals surface area (Å²) < 4.78 is 12.5. The average Bonchev–Trinajstić information content (AvgIpc) is 2.82. The maximum atomic E-state index is 12.5. The topological polar surface area (TPSA) is 30.0 Å². The maximum Gasteiger partial charge on any atom is 0.109 e. The molecule has 0 bridgehead atoms. The number of nitrogens with zero attached hydrogens (tertiary/aromatic N) is 1. The summed E-state index contributed by atoms with van der Waals surface area (Å²) in [7, 11) is -2.29. The number of hydrogen-bond acceptors (Lipinski definition) is 2. The van der Waals surface area contributed by atoms with Crippen molar-refractivity contribution in [2.24, 2.45) is 0 Å². The van der Waals surface area contributed by atoms with Gasteiger partial charge >= 0.3 is 0 Å². The van der Waals surface area contributed by atoms with E-state index in [1.165, 1.54) is 11.1 Å². The second-order valence-electron chi connectivity index (χ2n) is 12.2. The molecule has 0 radical (unpaired) electrons. The molecule has 0 amide bonds. The van der Waals surface area contributed by atoms with Gasteiger partial charge in [0.05, 0.1) is 11.4 Å². The molecule has 0 spiro atoms. The van der Waals surface area contributed by atoms with E-state index in [9.17, 15) is 4.57 Å². The Morgan fingerprint density at radius 3 is 1.22 bits per heavy atom. The van der Waals surface area contributed by atoms with E-state index in [2.05, 4.69) is 114 Å². The van der Waals surface area contributed by atoms with Crippen LogP contribution in [0.25, 0.3) is 33.6 Å². The van der Waals surface area contributed by atoms with E-state index < -0.39 is 7.14 Å². The highest BCUT2D eigenvalue weighted by molar-refractivity contribution is 7.70. The van der Waals surface area contributed by atoms with E-state index in [1.54, 1.807) is 0 Å². The molecule has 0 saturated heterocycles. The average molecular weight is 496 g/mol. The summed E-state index contributed by atoms with van der Waals surface area (Å²) in [5.41, 5.74) is 9.10. The third-order valence-corrected chi connectivity index (χ3v) is 8.28. The van der Waals surface area contributed by atoms with Gasteiger partial charge in [-0.15, -0.1) is 0 Å². The monoisotopic (exact) mass is 495 g/mol. The molecule has 0 N–H and O–H groups in total. The van der Waals surface area contributed by atoms with Crippen molar-refractivity contribution in [2.45, 2.75) is 52.4 Å². The lowest BCUT2D eigenvalue weighted by Gasteiger charge is -2.20. The van der Waals surface area contributed by atoms with Gasteiger partial charge in [-0.25, -0.2) is 4.98 Å². The maximum absolute atomic E-state index is 12.5. The molecule has 1 aromatic heterocycles. The summed E-state index contributed by atoms with van der Waals surface area (Å²) >= 11 is 0. The molecule has 186 valence electrons. The fraction of sp³-hybridized carbons (Fsp3) is 0.303. The Morgan fingerprint density at radius 1 is 0.528 bits per heavy atom. The van der Waals surface area contributed by atoms with E-state index in [-0.39, 0.29) is 10.8 Å². The van der Waals surface area contributed by atoms with Crippen molar-refractivity contribution in [3.8, 4) is 33.6 Å². The summed E-state index contributed by atoms with van der Waals surface area (Å²) in [6.45, 7) is 17.0. The number of benzene rings is 3. The lowest BCUT2D eigenvalue weighted by Crippen LogP contribution is -2.10. The van der Waals surface area contributed by atoms with Gasteiger partial charge in [0, 0.05) is 16.4 Å². The minimum absolute atomic E-state index is 0.105. The zero-order chi connectivity index (χ0) is 26.3. The number of pyridine rings is 1. The highest BCUT2D eigenvalue weighted by Gasteiger charge is 2.16. The Bertz CT molecular complexity index is 1320. The van der Waals surface area contributed by atoms with Crippen LogP contribution in [0.15, 0.2) is 84.9 Å². The molecule has 0 aliphatic carbocycles. The minimum atomic E-state index is -2.29. The zero-order valence-electron chi connectivity index (χ0n) is 22.9. The molecule has 4 rings (SSSR count). The number of hydrogen-bond donors (Lipinski definition) is 0. The van der Waals surface area contributed by atoms with Gasteiger partial charge in [0.1, 0.15) is 7.14 Å². The molecule has 0 unspecified atom stereocenters. The highest BCUT2D eigenvalue weighted by atomic mass is 31.2. The van der Waals surface area contributed by atoms with Gasteiger partial charge in [0.2, 0.25) is 0 Å². The van der Waals surface area contributed by atoms with E-state index in [0.29, 0.717) is 0 Å². The normalized spacial score (nSPS) is 12.6. The molecule has 2 nitrogen and oxygen atoms in total. The molecule has 0 fully saturated rings. The number of aromatic nitrogens is 1. The van der Waals surface area contributed by atoms with Crippen molar-refractivity contribution in [3.63, 3.8) is 0 Å². The Hall–Kier alpha value is -2.96. The van der Waals surface area contributed by atoms with Crippen LogP contribution in [-0.4, -0.2) is 18.3 Å². The van der Waals surface area contributed by atoms with Crippen LogP contribution in [0.3, 0.4) is 0 Å². The van der Waals surface area contributed by atoms with E-state index in [4.69, 9.17) is 4.98 Å². The summed E-state index contributed by atoms with van der Waals surface area (Å²) in [5, 5.41) is 0.899. The Balaban J connectivity index is 1.83. The highest BCUT2D eigenvalue weighted by Crippen LogP contribution is 2.36. The van der Waals surface area contributed by atoms with Gasteiger partial charge in [-0.1, -0.05) is 114 Å². The molecule has 3 aromatic carbocycles. The first kappa shape index (κ1) is 26.1. The van der Waals surface area contributed by atoms with Gasteiger partial charge in [0.25, 0.3) is 0 Å². The van der Waals surface area contributed by atoms with Crippen LogP contribution in [0.4, 0.5) is 0 Å². The van der Waals surface area contributed by atoms with Crippen molar-refractivity contribution in [3.05, 3.63) is 96.1 Å². The predicted molar refractivity (Wildman–Crippen MR) is 157 cm³/mol. The fourth-order valence-corrected chi connectivity index (χ4v) is 5.15. The first-order valence-corrected chi connectivity index (χ1v) is 15.2. The Kier molecular flexibility index (Phi) is 6.88. The van der Waals surface area contributed by atoms with Crippen molar-refractivity contribution in [1.29, 1.82) is 0 Å². The van der Waals surface area contributed by atoms with Crippen LogP contribution in [0.5, 0.6) is 0 Å². The standard InChI is InChI=1S/C33H38NOP/c1-32(2,3)27-15-9-24(10-16-27)30-21-26(23-13-19-29(20-14-23)36(7,8)35)22-31(34-30)25-11-17-28(18-12-25)33(4,5)6/h9-22H,1-8H3. The van der Waals surface area contributed by atoms with Gasteiger partial charge in [-0.05, 0) is 58.5 Å². The van der Waals surface area contributed by atoms with Gasteiger partial charge in [0.15, 0.2) is 0 Å². The van der Waals surface area contributed by atoms with Crippen LogP contribution < -0.4 is 5.30 Å². The largest absolute Gasteiger partial charge is 0.319 e. The molecule has 0 saturated carbocycles. The van der Waals surface area contributed by atoms with E-state index >= 15 is 0 Å². The molecular weight excluding hydrogens is 457 g/mol. The minimum Gasteiger partial charge on any atom is -0.319 e. The van der Waals surface area contributed by atoms with Crippen LogP contribution >= 0.6 is 7.14 Å². The van der Waals surface area contributed by atoms with Crippen molar-refractivity contribution < 1.29 is 4.57 Å². The summed E-state index contributed by atoms with van der Waals surface area (Å²) in [5.74, 6) is 0. The van der Waals surface area contributed by atoms with Crippen LogP contribution in [0.2, 0.25) is 0 Å². The first-order valence-electron chi connectivity index (χ1n) is 12.6. The molecule has 0 aliphatic rings. The molecule has 36 heavy (non-hydrogen) atoms. The zero-order valence-corrected chi connectivity index (χ0v) is 23.8. The molecule has 0 atom stereocenters. The third-order valence-electron chi connectivity index (χ3n) is 6.74. The molecule has 0 aliphatic heterocycles. The van der Waals surface area contributed by atoms with Crippen LogP contribution in [-0.2, 0) is 15.4 Å². The molecule has 4 aromatic rings. The SMILES string of the molecule is CC(C)(C)c1ccc(-c2cc(-c3ccc(P(C)(C)=O)cc3)cc(-c3ccc(C(C)(C)C)cc3)n2)cc1. The third kappa shape index (κ3) is 5.88. The summed E-state index contributed by atoms with van der Waals surface area (Å²) in [4.78, 5) is 5.10. The van der Waals surface area contributed by atoms with E-state index in [1.807, 2.05) is 25.5 Å². The van der Waals surface area contributed by atoms with E-state index in [0.717, 1.165) is 38.9 Å². The van der Waals surface area contributed by atoms with Gasteiger partial charge in [-0.2, -0.15) is 0 Å². The van der Waals surface area contributed by atoms with Gasteiger partial charge in [-0.3, -0.25) is 0 Å². The predicted octanol–water partition coefficient (Wildman–Crippen LogP) is 8.93. The fourth-order valence-electron chi connectivity index (χ4n) is 4.29. The van der Waals surface area contributed by atoms with Crippen molar-refractivity contribution in [2.75, 3.05) is 13.3 Å². The second kappa shape index (κ2) is 9.49. The van der Waals surface area contributed by atoms with Crippen molar-refractivity contribution in [1.82, 2.24) is 4.98 Å². The second-order valence-corrected chi connectivity index (χ2v) is 15.4. The summed E-state index contributed by atoms with van der Waals surface area (Å²) in [6, 6.07) is 30.0. The quantitative estimate of drug-likeness (QED) is 0.265. The smallest absolute Gasteiger partial charge is 0.109 e. The van der Waals surface area contributed by atoms with Crippen LogP contribution in [0.1, 0.15) is 52.7 Å². The molecular formula is C33H38NOP. The molecule has 1 heterocycles. The van der Waals surface area contributed by atoms with Crippen molar-refractivity contribution >= 4 is 12.4 Å². The Labute approximate surface area is 217 Å². The summed E-state index contributed by atoms with van der Waals surface area (Å²) in [6.07, 6.45) is 0. The van der Waals surface area contributed by atoms with Crippen LogP contribution in [0, 0.1) is 0 Å². The lowest BCUT2D eigenvalue weighted by atomic mass is 9.86. The molecule has 3 heteroatoms.